The molecular weight excluding hydrogens is 331 g/mol. The third-order valence-electron chi connectivity index (χ3n) is 3.54. The van der Waals surface area contributed by atoms with Crippen LogP contribution in [0.15, 0.2) is 34.7 Å². The van der Waals surface area contributed by atoms with E-state index in [2.05, 4.69) is 0 Å². The predicted molar refractivity (Wildman–Crippen MR) is 87.7 cm³/mol. The van der Waals surface area contributed by atoms with Crippen molar-refractivity contribution >= 4 is 11.6 Å². The average molecular weight is 350 g/mol. The molecule has 134 valence electrons. The van der Waals surface area contributed by atoms with E-state index in [0.29, 0.717) is 12.3 Å². The molecule has 2 aromatic rings. The smallest absolute Gasteiger partial charge is 0.305 e. The summed E-state index contributed by atoms with van der Waals surface area (Å²) in [6.45, 7) is 5.52. The number of ether oxygens (including phenoxy) is 1. The quantitative estimate of drug-likeness (QED) is 0.564. The average Bonchev–Trinajstić information content (AvgIpc) is 2.95. The zero-order chi connectivity index (χ0) is 18.6. The van der Waals surface area contributed by atoms with Gasteiger partial charge in [0.05, 0.1) is 11.5 Å². The summed E-state index contributed by atoms with van der Waals surface area (Å²) >= 11 is 0. The normalized spacial score (nSPS) is 10.8. The Hall–Kier alpha value is -2.90. The topological polar surface area (TPSA) is 85.8 Å². The summed E-state index contributed by atoms with van der Waals surface area (Å²) < 4.78 is 24.3. The number of nitro groups is 1. The Balaban J connectivity index is 2.01. The van der Waals surface area contributed by atoms with Crippen molar-refractivity contribution < 1.29 is 23.3 Å². The second-order valence-electron chi connectivity index (χ2n) is 5.79. The number of nitro benzene ring substituents is 1. The molecule has 1 amide bonds. The lowest BCUT2D eigenvalue weighted by Gasteiger charge is -2.25. The van der Waals surface area contributed by atoms with Gasteiger partial charge in [0.1, 0.15) is 17.3 Å². The van der Waals surface area contributed by atoms with Gasteiger partial charge in [0.25, 0.3) is 5.91 Å². The van der Waals surface area contributed by atoms with Crippen LogP contribution in [0.2, 0.25) is 0 Å². The Morgan fingerprint density at radius 2 is 2.08 bits per heavy atom. The molecule has 2 rings (SSSR count). The summed E-state index contributed by atoms with van der Waals surface area (Å²) in [7, 11) is 0. The fourth-order valence-corrected chi connectivity index (χ4v) is 2.25. The van der Waals surface area contributed by atoms with Gasteiger partial charge in [-0.15, -0.1) is 0 Å². The van der Waals surface area contributed by atoms with Gasteiger partial charge < -0.3 is 14.1 Å². The van der Waals surface area contributed by atoms with E-state index in [4.69, 9.17) is 9.15 Å². The van der Waals surface area contributed by atoms with E-state index in [0.717, 1.165) is 17.9 Å². The van der Waals surface area contributed by atoms with Gasteiger partial charge in [-0.25, -0.2) is 0 Å². The van der Waals surface area contributed by atoms with Crippen LogP contribution in [0.3, 0.4) is 0 Å². The molecule has 0 spiro atoms. The molecule has 0 unspecified atom stereocenters. The van der Waals surface area contributed by atoms with Gasteiger partial charge in [-0.05, 0) is 39.0 Å². The molecule has 0 bridgehead atoms. The SMILES string of the molecule is Cc1ccc(CN(C(=O)COc2ccc([N+](=O)[O-])c(F)c2)C(C)C)o1. The molecule has 8 heteroatoms. The molecule has 1 aromatic carbocycles. The van der Waals surface area contributed by atoms with Gasteiger partial charge >= 0.3 is 5.69 Å². The highest BCUT2D eigenvalue weighted by molar-refractivity contribution is 5.78. The number of hydrogen-bond acceptors (Lipinski definition) is 5. The van der Waals surface area contributed by atoms with Crippen LogP contribution in [-0.4, -0.2) is 28.4 Å². The minimum Gasteiger partial charge on any atom is -0.484 e. The Morgan fingerprint density at radius 1 is 1.36 bits per heavy atom. The lowest BCUT2D eigenvalue weighted by Crippen LogP contribution is -2.39. The van der Waals surface area contributed by atoms with Crippen LogP contribution in [0.1, 0.15) is 25.4 Å². The third kappa shape index (κ3) is 4.79. The van der Waals surface area contributed by atoms with Crippen molar-refractivity contribution in [2.24, 2.45) is 0 Å². The van der Waals surface area contributed by atoms with Gasteiger partial charge in [-0.1, -0.05) is 0 Å². The number of hydrogen-bond donors (Lipinski definition) is 0. The van der Waals surface area contributed by atoms with Gasteiger partial charge in [-0.2, -0.15) is 4.39 Å². The van der Waals surface area contributed by atoms with Crippen LogP contribution in [0.4, 0.5) is 10.1 Å². The Bertz CT molecular complexity index is 772. The first-order valence-electron chi connectivity index (χ1n) is 7.69. The fourth-order valence-electron chi connectivity index (χ4n) is 2.25. The molecule has 0 N–H and O–H groups in total. The number of carbonyl (C=O) groups is 1. The van der Waals surface area contributed by atoms with Crippen LogP contribution < -0.4 is 4.74 Å². The van der Waals surface area contributed by atoms with E-state index < -0.39 is 16.4 Å². The maximum atomic E-state index is 13.6. The number of furan rings is 1. The first-order valence-corrected chi connectivity index (χ1v) is 7.69. The molecule has 7 nitrogen and oxygen atoms in total. The molecular formula is C17H19FN2O5. The maximum Gasteiger partial charge on any atom is 0.305 e. The van der Waals surface area contributed by atoms with Crippen LogP contribution in [0.5, 0.6) is 5.75 Å². The zero-order valence-corrected chi connectivity index (χ0v) is 14.2. The Morgan fingerprint density at radius 3 is 2.60 bits per heavy atom. The molecule has 25 heavy (non-hydrogen) atoms. The molecule has 0 aliphatic rings. The molecule has 1 heterocycles. The van der Waals surface area contributed by atoms with Gasteiger partial charge in [0.2, 0.25) is 5.82 Å². The van der Waals surface area contributed by atoms with E-state index in [1.54, 1.807) is 11.0 Å². The van der Waals surface area contributed by atoms with E-state index in [1.807, 2.05) is 26.8 Å². The monoisotopic (exact) mass is 350 g/mol. The minimum atomic E-state index is -1.01. The lowest BCUT2D eigenvalue weighted by atomic mass is 10.2. The van der Waals surface area contributed by atoms with Crippen molar-refractivity contribution in [3.8, 4) is 5.75 Å². The van der Waals surface area contributed by atoms with E-state index >= 15 is 0 Å². The maximum absolute atomic E-state index is 13.6. The van der Waals surface area contributed by atoms with Crippen molar-refractivity contribution in [1.29, 1.82) is 0 Å². The van der Waals surface area contributed by atoms with Crippen LogP contribution in [0, 0.1) is 22.9 Å². The predicted octanol–water partition coefficient (Wildman–Crippen LogP) is 3.45. The molecule has 0 atom stereocenters. The van der Waals surface area contributed by atoms with Crippen LogP contribution in [-0.2, 0) is 11.3 Å². The third-order valence-corrected chi connectivity index (χ3v) is 3.54. The molecule has 0 radical (unpaired) electrons. The number of nitrogens with zero attached hydrogens (tertiary/aromatic N) is 2. The van der Waals surface area contributed by atoms with Crippen molar-refractivity contribution in [3.63, 3.8) is 0 Å². The van der Waals surface area contributed by atoms with E-state index in [9.17, 15) is 19.3 Å². The van der Waals surface area contributed by atoms with Crippen LogP contribution >= 0.6 is 0 Å². The second kappa shape index (κ2) is 7.78. The molecule has 0 saturated heterocycles. The first kappa shape index (κ1) is 18.4. The summed E-state index contributed by atoms with van der Waals surface area (Å²) in [6, 6.07) is 6.67. The molecule has 1 aromatic heterocycles. The summed E-state index contributed by atoms with van der Waals surface area (Å²) in [5.74, 6) is 0.142. The standard InChI is InChI=1S/C17H19FN2O5/c1-11(2)19(9-14-5-4-12(3)25-14)17(21)10-24-13-6-7-16(20(22)23)15(18)8-13/h4-8,11H,9-10H2,1-3H3. The number of carbonyl (C=O) groups excluding carboxylic acids is 1. The zero-order valence-electron chi connectivity index (χ0n) is 14.2. The van der Waals surface area contributed by atoms with E-state index in [1.165, 1.54) is 6.07 Å². The summed E-state index contributed by atoms with van der Waals surface area (Å²) in [5, 5.41) is 10.6. The second-order valence-corrected chi connectivity index (χ2v) is 5.79. The highest BCUT2D eigenvalue weighted by Gasteiger charge is 2.20. The van der Waals surface area contributed by atoms with Gasteiger partial charge in [0.15, 0.2) is 6.61 Å². The highest BCUT2D eigenvalue weighted by Crippen LogP contribution is 2.22. The summed E-state index contributed by atoms with van der Waals surface area (Å²) in [4.78, 5) is 23.7. The number of amides is 1. The first-order chi connectivity index (χ1) is 11.8. The largest absolute Gasteiger partial charge is 0.484 e. The molecule has 0 fully saturated rings. The van der Waals surface area contributed by atoms with E-state index in [-0.39, 0.29) is 24.3 Å². The number of halogens is 1. The Labute approximate surface area is 144 Å². The molecule has 0 aliphatic carbocycles. The van der Waals surface area contributed by atoms with Crippen molar-refractivity contribution in [1.82, 2.24) is 4.90 Å². The highest BCUT2D eigenvalue weighted by atomic mass is 19.1. The van der Waals surface area contributed by atoms with Gasteiger partial charge in [0, 0.05) is 18.2 Å². The lowest BCUT2D eigenvalue weighted by molar-refractivity contribution is -0.387. The summed E-state index contributed by atoms with van der Waals surface area (Å²) in [5.41, 5.74) is -0.643. The molecule has 0 saturated carbocycles. The van der Waals surface area contributed by atoms with Crippen molar-refractivity contribution in [3.05, 3.63) is 57.8 Å². The minimum absolute atomic E-state index is 0.0500. The number of aryl methyl sites for hydroxylation is 1. The van der Waals surface area contributed by atoms with Crippen molar-refractivity contribution in [2.75, 3.05) is 6.61 Å². The van der Waals surface area contributed by atoms with Crippen LogP contribution in [0.25, 0.3) is 0 Å². The summed E-state index contributed by atoms with van der Waals surface area (Å²) in [6.07, 6.45) is 0. The Kier molecular flexibility index (Phi) is 5.74. The molecule has 0 aliphatic heterocycles. The fraction of sp³-hybridized carbons (Fsp3) is 0.353. The number of benzene rings is 1. The van der Waals surface area contributed by atoms with Crippen molar-refractivity contribution in [2.45, 2.75) is 33.4 Å². The van der Waals surface area contributed by atoms with Gasteiger partial charge in [-0.3, -0.25) is 14.9 Å². The number of rotatable bonds is 7.